The fraction of sp³-hybridized carbons (Fsp3) is 0.846. The minimum Gasteiger partial charge on any atom is -0.469 e. The van der Waals surface area contributed by atoms with Crippen LogP contribution in [-0.4, -0.2) is 37.0 Å². The SMILES string of the molecule is COC(=O)[C@@H]1CC[C@@H]1C(=O)N1CCC(C)CC1. The van der Waals surface area contributed by atoms with Crippen LogP contribution in [0.1, 0.15) is 32.6 Å². The molecule has 0 aromatic carbocycles. The standard InChI is InChI=1S/C13H21NO3/c1-9-5-7-14(8-6-9)12(15)10-3-4-11(10)13(16)17-2/h9-11H,3-8H2,1-2H3/t10-,11+/m0/s1. The van der Waals surface area contributed by atoms with Crippen molar-refractivity contribution in [3.63, 3.8) is 0 Å². The van der Waals surface area contributed by atoms with Crippen molar-refractivity contribution in [1.29, 1.82) is 0 Å². The van der Waals surface area contributed by atoms with Crippen molar-refractivity contribution >= 4 is 11.9 Å². The Morgan fingerprint density at radius 3 is 2.12 bits per heavy atom. The van der Waals surface area contributed by atoms with E-state index in [1.165, 1.54) is 7.11 Å². The Morgan fingerprint density at radius 1 is 1.06 bits per heavy atom. The highest BCUT2D eigenvalue weighted by Gasteiger charge is 2.43. The zero-order valence-corrected chi connectivity index (χ0v) is 10.6. The van der Waals surface area contributed by atoms with Crippen molar-refractivity contribution in [2.24, 2.45) is 17.8 Å². The molecule has 0 radical (unpaired) electrons. The summed E-state index contributed by atoms with van der Waals surface area (Å²) in [7, 11) is 1.39. The summed E-state index contributed by atoms with van der Waals surface area (Å²) < 4.78 is 4.73. The first-order valence-electron chi connectivity index (χ1n) is 6.50. The Hall–Kier alpha value is -1.06. The number of hydrogen-bond acceptors (Lipinski definition) is 3. The number of amides is 1. The number of carbonyl (C=O) groups is 2. The molecule has 0 unspecified atom stereocenters. The van der Waals surface area contributed by atoms with Gasteiger partial charge < -0.3 is 9.64 Å². The first kappa shape index (κ1) is 12.4. The van der Waals surface area contributed by atoms with E-state index in [4.69, 9.17) is 4.74 Å². The van der Waals surface area contributed by atoms with Crippen molar-refractivity contribution in [2.75, 3.05) is 20.2 Å². The van der Waals surface area contributed by atoms with Crippen LogP contribution < -0.4 is 0 Å². The molecule has 1 saturated heterocycles. The molecule has 1 saturated carbocycles. The number of hydrogen-bond donors (Lipinski definition) is 0. The van der Waals surface area contributed by atoms with Gasteiger partial charge in [0.2, 0.25) is 5.91 Å². The van der Waals surface area contributed by atoms with Crippen LogP contribution in [0, 0.1) is 17.8 Å². The molecule has 2 aliphatic rings. The molecule has 0 spiro atoms. The van der Waals surface area contributed by atoms with Gasteiger partial charge in [0.05, 0.1) is 18.9 Å². The van der Waals surface area contributed by atoms with Gasteiger partial charge in [-0.15, -0.1) is 0 Å². The number of rotatable bonds is 2. The number of esters is 1. The summed E-state index contributed by atoms with van der Waals surface area (Å²) in [6.45, 7) is 3.93. The van der Waals surface area contributed by atoms with Crippen molar-refractivity contribution in [3.05, 3.63) is 0 Å². The van der Waals surface area contributed by atoms with Gasteiger partial charge >= 0.3 is 5.97 Å². The van der Waals surface area contributed by atoms with Gasteiger partial charge in [-0.25, -0.2) is 0 Å². The van der Waals surface area contributed by atoms with Crippen LogP contribution in [0.15, 0.2) is 0 Å². The molecule has 0 aromatic heterocycles. The summed E-state index contributed by atoms with van der Waals surface area (Å²) in [5, 5.41) is 0. The molecule has 1 aliphatic heterocycles. The van der Waals surface area contributed by atoms with E-state index in [0.29, 0.717) is 0 Å². The lowest BCUT2D eigenvalue weighted by Crippen LogP contribution is -2.48. The minimum atomic E-state index is -0.222. The third kappa shape index (κ3) is 2.45. The zero-order chi connectivity index (χ0) is 12.4. The maximum Gasteiger partial charge on any atom is 0.309 e. The summed E-state index contributed by atoms with van der Waals surface area (Å²) in [5.41, 5.74) is 0. The smallest absolute Gasteiger partial charge is 0.309 e. The van der Waals surface area contributed by atoms with Crippen LogP contribution in [-0.2, 0) is 14.3 Å². The molecule has 96 valence electrons. The van der Waals surface area contributed by atoms with Crippen molar-refractivity contribution in [3.8, 4) is 0 Å². The maximum atomic E-state index is 12.2. The second-order valence-corrected chi connectivity index (χ2v) is 5.32. The normalized spacial score (nSPS) is 29.6. The Morgan fingerprint density at radius 2 is 1.65 bits per heavy atom. The maximum absolute atomic E-state index is 12.2. The van der Waals surface area contributed by atoms with E-state index in [-0.39, 0.29) is 23.7 Å². The zero-order valence-electron chi connectivity index (χ0n) is 10.6. The van der Waals surface area contributed by atoms with E-state index >= 15 is 0 Å². The summed E-state index contributed by atoms with van der Waals surface area (Å²) in [5.74, 6) is 0.359. The van der Waals surface area contributed by atoms with Gasteiger partial charge in [-0.1, -0.05) is 6.92 Å². The molecular formula is C13H21NO3. The molecular weight excluding hydrogens is 218 g/mol. The molecule has 1 amide bonds. The molecule has 2 rings (SSSR count). The Labute approximate surface area is 102 Å². The van der Waals surface area contributed by atoms with Crippen LogP contribution >= 0.6 is 0 Å². The number of carbonyl (C=O) groups excluding carboxylic acids is 2. The topological polar surface area (TPSA) is 46.6 Å². The van der Waals surface area contributed by atoms with E-state index in [0.717, 1.165) is 44.7 Å². The lowest BCUT2D eigenvalue weighted by molar-refractivity contribution is -0.159. The van der Waals surface area contributed by atoms with Gasteiger partial charge in [0.25, 0.3) is 0 Å². The minimum absolute atomic E-state index is 0.115. The van der Waals surface area contributed by atoms with E-state index in [1.54, 1.807) is 0 Å². The Bertz CT molecular complexity index is 308. The predicted molar refractivity (Wildman–Crippen MR) is 63.2 cm³/mol. The van der Waals surface area contributed by atoms with Gasteiger partial charge in [0, 0.05) is 13.1 Å². The van der Waals surface area contributed by atoms with Crippen LogP contribution in [0.2, 0.25) is 0 Å². The molecule has 0 N–H and O–H groups in total. The van der Waals surface area contributed by atoms with Crippen LogP contribution in [0.4, 0.5) is 0 Å². The van der Waals surface area contributed by atoms with Gasteiger partial charge in [-0.3, -0.25) is 9.59 Å². The first-order chi connectivity index (χ1) is 8.13. The predicted octanol–water partition coefficient (Wildman–Crippen LogP) is 1.44. The average molecular weight is 239 g/mol. The second-order valence-electron chi connectivity index (χ2n) is 5.32. The third-order valence-electron chi connectivity index (χ3n) is 4.19. The van der Waals surface area contributed by atoms with Crippen LogP contribution in [0.3, 0.4) is 0 Å². The number of nitrogens with zero attached hydrogens (tertiary/aromatic N) is 1. The molecule has 0 bridgehead atoms. The first-order valence-corrected chi connectivity index (χ1v) is 6.50. The van der Waals surface area contributed by atoms with E-state index in [1.807, 2.05) is 4.90 Å². The summed E-state index contributed by atoms with van der Waals surface area (Å²) in [4.78, 5) is 25.6. The molecule has 4 nitrogen and oxygen atoms in total. The van der Waals surface area contributed by atoms with E-state index < -0.39 is 0 Å². The highest BCUT2D eigenvalue weighted by molar-refractivity contribution is 5.87. The summed E-state index contributed by atoms with van der Waals surface area (Å²) in [6, 6.07) is 0. The second kappa shape index (κ2) is 5.07. The fourth-order valence-electron chi connectivity index (χ4n) is 2.69. The van der Waals surface area contributed by atoms with Gasteiger partial charge in [0.15, 0.2) is 0 Å². The largest absolute Gasteiger partial charge is 0.469 e. The number of methoxy groups -OCH3 is 1. The average Bonchev–Trinajstić information content (AvgIpc) is 2.28. The molecule has 1 aliphatic carbocycles. The summed E-state index contributed by atoms with van der Waals surface area (Å²) >= 11 is 0. The molecule has 0 aromatic rings. The fourth-order valence-corrected chi connectivity index (χ4v) is 2.69. The number of ether oxygens (including phenoxy) is 1. The highest BCUT2D eigenvalue weighted by atomic mass is 16.5. The molecule has 1 heterocycles. The van der Waals surface area contributed by atoms with Crippen molar-refractivity contribution in [2.45, 2.75) is 32.6 Å². The quantitative estimate of drug-likeness (QED) is 0.685. The van der Waals surface area contributed by atoms with E-state index in [2.05, 4.69) is 6.92 Å². The lowest BCUT2D eigenvalue weighted by atomic mass is 9.72. The number of piperidine rings is 1. The molecule has 2 fully saturated rings. The Balaban J connectivity index is 1.90. The molecule has 17 heavy (non-hydrogen) atoms. The lowest BCUT2D eigenvalue weighted by Gasteiger charge is -2.39. The molecule has 4 heteroatoms. The number of likely N-dealkylation sites (tertiary alicyclic amines) is 1. The summed E-state index contributed by atoms with van der Waals surface area (Å²) in [6.07, 6.45) is 3.81. The van der Waals surface area contributed by atoms with Crippen LogP contribution in [0.25, 0.3) is 0 Å². The van der Waals surface area contributed by atoms with Gasteiger partial charge in [0.1, 0.15) is 0 Å². The third-order valence-corrected chi connectivity index (χ3v) is 4.19. The van der Waals surface area contributed by atoms with Crippen LogP contribution in [0.5, 0.6) is 0 Å². The Kier molecular flexibility index (Phi) is 3.69. The highest BCUT2D eigenvalue weighted by Crippen LogP contribution is 2.37. The van der Waals surface area contributed by atoms with Gasteiger partial charge in [-0.2, -0.15) is 0 Å². The van der Waals surface area contributed by atoms with Gasteiger partial charge in [-0.05, 0) is 31.6 Å². The molecule has 2 atom stereocenters. The van der Waals surface area contributed by atoms with E-state index in [9.17, 15) is 9.59 Å². The van der Waals surface area contributed by atoms with Crippen molar-refractivity contribution < 1.29 is 14.3 Å². The monoisotopic (exact) mass is 239 g/mol. The van der Waals surface area contributed by atoms with Crippen molar-refractivity contribution in [1.82, 2.24) is 4.90 Å².